The van der Waals surface area contributed by atoms with Gasteiger partial charge in [-0.15, -0.1) is 0 Å². The lowest BCUT2D eigenvalue weighted by atomic mass is 10.0. The summed E-state index contributed by atoms with van der Waals surface area (Å²) in [5, 5.41) is 14.9. The van der Waals surface area contributed by atoms with Crippen LogP contribution in [0, 0.1) is 6.92 Å². The highest BCUT2D eigenvalue weighted by Crippen LogP contribution is 2.32. The third-order valence-corrected chi connectivity index (χ3v) is 3.66. The predicted molar refractivity (Wildman–Crippen MR) is 71.2 cm³/mol. The maximum Gasteiger partial charge on any atom is 0.123 e. The minimum Gasteiger partial charge on any atom is -0.382 e. The summed E-state index contributed by atoms with van der Waals surface area (Å²) in [6, 6.07) is 5.82. The van der Waals surface area contributed by atoms with Crippen LogP contribution in [0.25, 0.3) is 0 Å². The average Bonchev–Trinajstić information content (AvgIpc) is 2.61. The lowest BCUT2D eigenvalue weighted by Crippen LogP contribution is -2.08. The van der Waals surface area contributed by atoms with Crippen LogP contribution >= 0.6 is 27.5 Å². The van der Waals surface area contributed by atoms with Crippen molar-refractivity contribution in [2.75, 3.05) is 0 Å². The van der Waals surface area contributed by atoms with Gasteiger partial charge in [0.05, 0.1) is 16.9 Å². The molecule has 1 N–H and O–H groups in total. The number of hydrogen-bond acceptors (Lipinski definition) is 2. The number of aromatic nitrogens is 2. The first-order valence-electron chi connectivity index (χ1n) is 5.12. The molecule has 1 heterocycles. The smallest absolute Gasteiger partial charge is 0.123 e. The van der Waals surface area contributed by atoms with Crippen molar-refractivity contribution in [2.24, 2.45) is 7.05 Å². The second-order valence-electron chi connectivity index (χ2n) is 3.93. The van der Waals surface area contributed by atoms with Gasteiger partial charge in [0, 0.05) is 17.1 Å². The predicted octanol–water partition coefficient (Wildman–Crippen LogP) is 3.23. The van der Waals surface area contributed by atoms with Gasteiger partial charge < -0.3 is 5.11 Å². The third-order valence-electron chi connectivity index (χ3n) is 2.64. The highest BCUT2D eigenvalue weighted by Gasteiger charge is 2.20. The van der Waals surface area contributed by atoms with E-state index in [-0.39, 0.29) is 0 Å². The molecule has 1 aromatic heterocycles. The second-order valence-corrected chi connectivity index (χ2v) is 5.19. The lowest BCUT2D eigenvalue weighted by Gasteiger charge is -2.14. The molecule has 0 spiro atoms. The summed E-state index contributed by atoms with van der Waals surface area (Å²) in [6.45, 7) is 1.98. The first kappa shape index (κ1) is 12.6. The summed E-state index contributed by atoms with van der Waals surface area (Å²) in [7, 11) is 1.76. The summed E-state index contributed by atoms with van der Waals surface area (Å²) in [5.41, 5.74) is 2.47. The Morgan fingerprint density at radius 1 is 1.47 bits per heavy atom. The first-order valence-corrected chi connectivity index (χ1v) is 6.29. The van der Waals surface area contributed by atoms with E-state index in [9.17, 15) is 5.11 Å². The number of benzene rings is 1. The SMILES string of the molecule is Cc1ccc(Br)c(C(O)c2c(Cl)cnn2C)c1. The van der Waals surface area contributed by atoms with Crippen molar-refractivity contribution < 1.29 is 5.11 Å². The molecule has 0 aliphatic carbocycles. The Morgan fingerprint density at radius 3 is 2.76 bits per heavy atom. The van der Waals surface area contributed by atoms with Gasteiger partial charge >= 0.3 is 0 Å². The van der Waals surface area contributed by atoms with Crippen molar-refractivity contribution >= 4 is 27.5 Å². The van der Waals surface area contributed by atoms with Crippen molar-refractivity contribution in [2.45, 2.75) is 13.0 Å². The fourth-order valence-electron chi connectivity index (χ4n) is 1.75. The average molecular weight is 316 g/mol. The number of aliphatic hydroxyl groups is 1. The molecule has 0 fully saturated rings. The Hall–Kier alpha value is -0.840. The van der Waals surface area contributed by atoms with E-state index in [0.29, 0.717) is 10.7 Å². The zero-order valence-corrected chi connectivity index (χ0v) is 11.8. The fourth-order valence-corrected chi connectivity index (χ4v) is 2.48. The zero-order chi connectivity index (χ0) is 12.6. The molecule has 2 rings (SSSR count). The summed E-state index contributed by atoms with van der Waals surface area (Å²) in [4.78, 5) is 0. The van der Waals surface area contributed by atoms with Gasteiger partial charge in [-0.3, -0.25) is 4.68 Å². The van der Waals surface area contributed by atoms with Gasteiger partial charge in [-0.1, -0.05) is 45.2 Å². The minimum absolute atomic E-state index is 0.466. The number of aryl methyl sites for hydroxylation is 2. The van der Waals surface area contributed by atoms with Crippen molar-refractivity contribution in [1.29, 1.82) is 0 Å². The molecule has 1 aromatic carbocycles. The van der Waals surface area contributed by atoms with Crippen LogP contribution in [0.4, 0.5) is 0 Å². The molecule has 0 aliphatic heterocycles. The van der Waals surface area contributed by atoms with Gasteiger partial charge in [0.25, 0.3) is 0 Å². The Labute approximate surface area is 113 Å². The van der Waals surface area contributed by atoms with Crippen LogP contribution in [0.3, 0.4) is 0 Å². The number of hydrogen-bond donors (Lipinski definition) is 1. The highest BCUT2D eigenvalue weighted by atomic mass is 79.9. The summed E-state index contributed by atoms with van der Waals surface area (Å²) in [5.74, 6) is 0. The molecule has 0 aliphatic rings. The molecule has 0 saturated heterocycles. The van der Waals surface area contributed by atoms with E-state index >= 15 is 0 Å². The summed E-state index contributed by atoms with van der Waals surface area (Å²) < 4.78 is 2.44. The largest absolute Gasteiger partial charge is 0.382 e. The van der Waals surface area contributed by atoms with Crippen molar-refractivity contribution in [3.63, 3.8) is 0 Å². The number of halogens is 2. The molecule has 3 nitrogen and oxygen atoms in total. The van der Waals surface area contributed by atoms with Crippen LogP contribution in [0.15, 0.2) is 28.9 Å². The molecule has 0 radical (unpaired) electrons. The summed E-state index contributed by atoms with van der Waals surface area (Å²) >= 11 is 9.46. The number of aliphatic hydroxyl groups excluding tert-OH is 1. The van der Waals surface area contributed by atoms with E-state index in [2.05, 4.69) is 21.0 Å². The number of rotatable bonds is 2. The van der Waals surface area contributed by atoms with E-state index in [1.54, 1.807) is 11.7 Å². The van der Waals surface area contributed by atoms with E-state index in [1.807, 2.05) is 25.1 Å². The van der Waals surface area contributed by atoms with Gasteiger partial charge in [-0.25, -0.2) is 0 Å². The van der Waals surface area contributed by atoms with Gasteiger partial charge in [-0.2, -0.15) is 5.10 Å². The molecule has 5 heteroatoms. The Kier molecular flexibility index (Phi) is 3.56. The third kappa shape index (κ3) is 2.39. The Morgan fingerprint density at radius 2 is 2.18 bits per heavy atom. The van der Waals surface area contributed by atoms with Crippen LogP contribution in [0.1, 0.15) is 22.9 Å². The van der Waals surface area contributed by atoms with Crippen LogP contribution in [0.2, 0.25) is 5.02 Å². The highest BCUT2D eigenvalue weighted by molar-refractivity contribution is 9.10. The van der Waals surface area contributed by atoms with Crippen molar-refractivity contribution in [3.05, 3.63) is 50.7 Å². The molecule has 0 saturated carbocycles. The molecular formula is C12H12BrClN2O. The standard InChI is InChI=1S/C12H12BrClN2O/c1-7-3-4-9(13)8(5-7)12(17)11-10(14)6-15-16(11)2/h3-6,12,17H,1-2H3. The van der Waals surface area contributed by atoms with Crippen LogP contribution in [-0.2, 0) is 7.05 Å². The number of nitrogens with zero attached hydrogens (tertiary/aromatic N) is 2. The monoisotopic (exact) mass is 314 g/mol. The fraction of sp³-hybridized carbons (Fsp3) is 0.250. The first-order chi connectivity index (χ1) is 8.00. The van der Waals surface area contributed by atoms with Crippen LogP contribution in [0.5, 0.6) is 0 Å². The van der Waals surface area contributed by atoms with Crippen molar-refractivity contribution in [3.8, 4) is 0 Å². The molecule has 90 valence electrons. The Balaban J connectivity index is 2.50. The topological polar surface area (TPSA) is 38.1 Å². The molecule has 0 bridgehead atoms. The minimum atomic E-state index is -0.788. The van der Waals surface area contributed by atoms with Gasteiger partial charge in [0.15, 0.2) is 0 Å². The lowest BCUT2D eigenvalue weighted by molar-refractivity contribution is 0.209. The van der Waals surface area contributed by atoms with E-state index in [0.717, 1.165) is 15.6 Å². The van der Waals surface area contributed by atoms with E-state index in [1.165, 1.54) is 6.20 Å². The summed E-state index contributed by atoms with van der Waals surface area (Å²) in [6.07, 6.45) is 0.744. The van der Waals surface area contributed by atoms with Crippen LogP contribution in [-0.4, -0.2) is 14.9 Å². The van der Waals surface area contributed by atoms with E-state index in [4.69, 9.17) is 11.6 Å². The van der Waals surface area contributed by atoms with E-state index < -0.39 is 6.10 Å². The second kappa shape index (κ2) is 4.80. The van der Waals surface area contributed by atoms with Gasteiger partial charge in [-0.05, 0) is 13.0 Å². The maximum atomic E-state index is 10.4. The quantitative estimate of drug-likeness (QED) is 0.924. The maximum absolute atomic E-state index is 10.4. The normalized spacial score (nSPS) is 12.8. The molecule has 2 aromatic rings. The Bertz CT molecular complexity index is 534. The van der Waals surface area contributed by atoms with Gasteiger partial charge in [0.1, 0.15) is 6.10 Å². The molecule has 0 amide bonds. The molecule has 17 heavy (non-hydrogen) atoms. The van der Waals surface area contributed by atoms with Crippen LogP contribution < -0.4 is 0 Å². The van der Waals surface area contributed by atoms with Crippen molar-refractivity contribution in [1.82, 2.24) is 9.78 Å². The molecule has 1 atom stereocenters. The van der Waals surface area contributed by atoms with Gasteiger partial charge in [0.2, 0.25) is 0 Å². The molecule has 1 unspecified atom stereocenters. The zero-order valence-electron chi connectivity index (χ0n) is 9.48. The molecular weight excluding hydrogens is 304 g/mol.